The van der Waals surface area contributed by atoms with Crippen molar-refractivity contribution in [1.29, 1.82) is 0 Å². The molecule has 1 saturated carbocycles. The molecule has 1 unspecified atom stereocenters. The van der Waals surface area contributed by atoms with Gasteiger partial charge in [0.05, 0.1) is 0 Å². The molecule has 1 nitrogen and oxygen atoms in total. The lowest BCUT2D eigenvalue weighted by Crippen LogP contribution is -2.27. The number of fused-ring (bicyclic) bond motifs is 1. The third-order valence-corrected chi connectivity index (χ3v) is 5.58. The van der Waals surface area contributed by atoms with Crippen molar-refractivity contribution in [2.24, 2.45) is 5.41 Å². The van der Waals surface area contributed by atoms with Crippen LogP contribution in [0.25, 0.3) is 0 Å². The summed E-state index contributed by atoms with van der Waals surface area (Å²) in [5.41, 5.74) is 2.22. The Balaban J connectivity index is 1.53. The molecule has 1 aromatic rings. The maximum absolute atomic E-state index is 3.62. The Morgan fingerprint density at radius 3 is 2.89 bits per heavy atom. The molecule has 1 N–H and O–H groups in total. The minimum Gasteiger partial charge on any atom is -0.316 e. The minimum absolute atomic E-state index is 0.648. The summed E-state index contributed by atoms with van der Waals surface area (Å²) < 4.78 is 0. The van der Waals surface area contributed by atoms with Crippen molar-refractivity contribution in [2.45, 2.75) is 49.2 Å². The molecule has 2 heteroatoms. The Labute approximate surface area is 115 Å². The van der Waals surface area contributed by atoms with Crippen molar-refractivity contribution in [1.82, 2.24) is 5.32 Å². The fraction of sp³-hybridized carbons (Fsp3) is 0.625. The summed E-state index contributed by atoms with van der Waals surface area (Å²) in [7, 11) is 0. The van der Waals surface area contributed by atoms with Crippen molar-refractivity contribution >= 4 is 11.8 Å². The van der Waals surface area contributed by atoms with Crippen molar-refractivity contribution < 1.29 is 0 Å². The summed E-state index contributed by atoms with van der Waals surface area (Å²) in [6.45, 7) is 4.67. The van der Waals surface area contributed by atoms with Crippen LogP contribution in [0.5, 0.6) is 0 Å². The lowest BCUT2D eigenvalue weighted by atomic mass is 9.96. The zero-order valence-corrected chi connectivity index (χ0v) is 12.1. The molecule has 1 atom stereocenters. The van der Waals surface area contributed by atoms with Crippen molar-refractivity contribution in [2.75, 3.05) is 13.1 Å². The second-order valence-corrected chi connectivity index (χ2v) is 7.27. The lowest BCUT2D eigenvalue weighted by Gasteiger charge is -2.19. The summed E-state index contributed by atoms with van der Waals surface area (Å²) in [4.78, 5) is 1.53. The minimum atomic E-state index is 0.648. The number of hydrogen-bond acceptors (Lipinski definition) is 2. The van der Waals surface area contributed by atoms with E-state index in [9.17, 15) is 0 Å². The Morgan fingerprint density at radius 1 is 1.33 bits per heavy atom. The normalized spacial score (nSPS) is 23.9. The van der Waals surface area contributed by atoms with E-state index in [2.05, 4.69) is 48.3 Å². The van der Waals surface area contributed by atoms with Crippen LogP contribution in [0.2, 0.25) is 0 Å². The molecule has 98 valence electrons. The molecule has 1 aromatic carbocycles. The number of benzene rings is 1. The van der Waals surface area contributed by atoms with E-state index < -0.39 is 0 Å². The quantitative estimate of drug-likeness (QED) is 0.780. The largest absolute Gasteiger partial charge is 0.316 e. The van der Waals surface area contributed by atoms with Gasteiger partial charge in [-0.05, 0) is 55.7 Å². The number of rotatable bonds is 6. The Bertz CT molecular complexity index is 386. The van der Waals surface area contributed by atoms with Crippen LogP contribution in [-0.2, 0) is 6.42 Å². The molecule has 0 aromatic heterocycles. The van der Waals surface area contributed by atoms with Gasteiger partial charge in [-0.2, -0.15) is 0 Å². The first-order chi connectivity index (χ1) is 8.81. The lowest BCUT2D eigenvalue weighted by molar-refractivity contribution is 0.421. The van der Waals surface area contributed by atoms with Gasteiger partial charge < -0.3 is 5.32 Å². The highest BCUT2D eigenvalue weighted by atomic mass is 32.2. The molecule has 0 bridgehead atoms. The monoisotopic (exact) mass is 261 g/mol. The fourth-order valence-electron chi connectivity index (χ4n) is 3.01. The van der Waals surface area contributed by atoms with Crippen LogP contribution in [0.1, 0.15) is 38.2 Å². The summed E-state index contributed by atoms with van der Waals surface area (Å²) in [6, 6.07) is 8.94. The molecule has 1 heterocycles. The summed E-state index contributed by atoms with van der Waals surface area (Å²) in [5, 5.41) is 4.45. The SMILES string of the molecule is CCCNCC1(CC2Cc3ccccc3S2)CC1. The predicted octanol–water partition coefficient (Wildman–Crippen LogP) is 3.87. The third-order valence-electron chi connectivity index (χ3n) is 4.26. The van der Waals surface area contributed by atoms with Gasteiger partial charge in [-0.3, -0.25) is 0 Å². The molecule has 0 amide bonds. The van der Waals surface area contributed by atoms with Crippen LogP contribution < -0.4 is 5.32 Å². The first kappa shape index (κ1) is 12.6. The summed E-state index contributed by atoms with van der Waals surface area (Å²) in [6.07, 6.45) is 6.83. The molecule has 1 aliphatic carbocycles. The highest BCUT2D eigenvalue weighted by Gasteiger charge is 2.44. The maximum Gasteiger partial charge on any atom is 0.0141 e. The van der Waals surface area contributed by atoms with E-state index in [0.29, 0.717) is 5.41 Å². The first-order valence-corrected chi connectivity index (χ1v) is 8.15. The molecule has 1 aliphatic heterocycles. The number of hydrogen-bond donors (Lipinski definition) is 1. The van der Waals surface area contributed by atoms with Gasteiger partial charge >= 0.3 is 0 Å². The van der Waals surface area contributed by atoms with Gasteiger partial charge in [-0.25, -0.2) is 0 Å². The second kappa shape index (κ2) is 5.26. The fourth-order valence-corrected chi connectivity index (χ4v) is 4.53. The van der Waals surface area contributed by atoms with E-state index in [-0.39, 0.29) is 0 Å². The van der Waals surface area contributed by atoms with Gasteiger partial charge in [0, 0.05) is 16.7 Å². The van der Waals surface area contributed by atoms with Crippen LogP contribution in [0.15, 0.2) is 29.2 Å². The Morgan fingerprint density at radius 2 is 2.17 bits per heavy atom. The van der Waals surface area contributed by atoms with Gasteiger partial charge in [-0.1, -0.05) is 25.1 Å². The van der Waals surface area contributed by atoms with Crippen LogP contribution in [0, 0.1) is 5.41 Å². The molecule has 18 heavy (non-hydrogen) atoms. The first-order valence-electron chi connectivity index (χ1n) is 7.27. The molecule has 0 spiro atoms. The number of thioether (sulfide) groups is 1. The average Bonchev–Trinajstić information content (AvgIpc) is 3.00. The van der Waals surface area contributed by atoms with E-state index >= 15 is 0 Å². The second-order valence-electron chi connectivity index (χ2n) is 5.93. The predicted molar refractivity (Wildman–Crippen MR) is 79.2 cm³/mol. The van der Waals surface area contributed by atoms with E-state index in [1.807, 2.05) is 0 Å². The van der Waals surface area contributed by atoms with Gasteiger partial charge in [0.2, 0.25) is 0 Å². The van der Waals surface area contributed by atoms with E-state index in [4.69, 9.17) is 0 Å². The zero-order chi connectivity index (χ0) is 12.4. The van der Waals surface area contributed by atoms with Crippen LogP contribution >= 0.6 is 11.8 Å². The topological polar surface area (TPSA) is 12.0 Å². The van der Waals surface area contributed by atoms with Crippen molar-refractivity contribution in [3.8, 4) is 0 Å². The van der Waals surface area contributed by atoms with E-state index in [0.717, 1.165) is 5.25 Å². The van der Waals surface area contributed by atoms with Gasteiger partial charge in [-0.15, -0.1) is 11.8 Å². The van der Waals surface area contributed by atoms with Crippen molar-refractivity contribution in [3.63, 3.8) is 0 Å². The number of nitrogens with one attached hydrogen (secondary N) is 1. The smallest absolute Gasteiger partial charge is 0.0141 e. The van der Waals surface area contributed by atoms with E-state index in [1.165, 1.54) is 50.1 Å². The Kier molecular flexibility index (Phi) is 3.67. The zero-order valence-electron chi connectivity index (χ0n) is 11.2. The highest BCUT2D eigenvalue weighted by Crippen LogP contribution is 2.53. The third kappa shape index (κ3) is 2.75. The molecule has 3 rings (SSSR count). The molecule has 2 aliphatic rings. The van der Waals surface area contributed by atoms with Crippen LogP contribution in [0.3, 0.4) is 0 Å². The summed E-state index contributed by atoms with van der Waals surface area (Å²) in [5.74, 6) is 0. The maximum atomic E-state index is 3.62. The van der Waals surface area contributed by atoms with Crippen molar-refractivity contribution in [3.05, 3.63) is 29.8 Å². The van der Waals surface area contributed by atoms with Crippen LogP contribution in [0.4, 0.5) is 0 Å². The van der Waals surface area contributed by atoms with E-state index in [1.54, 1.807) is 5.56 Å². The molecular weight excluding hydrogens is 238 g/mol. The highest BCUT2D eigenvalue weighted by molar-refractivity contribution is 8.00. The van der Waals surface area contributed by atoms with Gasteiger partial charge in [0.1, 0.15) is 0 Å². The Hall–Kier alpha value is -0.470. The molecular formula is C16H23NS. The van der Waals surface area contributed by atoms with Gasteiger partial charge in [0.15, 0.2) is 0 Å². The van der Waals surface area contributed by atoms with Gasteiger partial charge in [0.25, 0.3) is 0 Å². The molecule has 1 fully saturated rings. The molecule has 0 saturated heterocycles. The summed E-state index contributed by atoms with van der Waals surface area (Å²) >= 11 is 2.11. The standard InChI is InChI=1S/C16H23NS/c1-2-9-17-12-16(7-8-16)11-14-10-13-5-3-4-6-15(13)18-14/h3-6,14,17H,2,7-12H2,1H3. The molecule has 0 radical (unpaired) electrons. The van der Waals surface area contributed by atoms with Crippen LogP contribution in [-0.4, -0.2) is 18.3 Å². The average molecular weight is 261 g/mol.